The third-order valence-electron chi connectivity index (χ3n) is 4.68. The van der Waals surface area contributed by atoms with Gasteiger partial charge in [-0.2, -0.15) is 4.98 Å². The van der Waals surface area contributed by atoms with Gasteiger partial charge in [0, 0.05) is 17.7 Å². The van der Waals surface area contributed by atoms with E-state index in [1.807, 2.05) is 17.4 Å². The molecule has 0 saturated heterocycles. The number of carboxylic acid groups (broad SMARTS) is 1. The van der Waals surface area contributed by atoms with E-state index in [2.05, 4.69) is 4.98 Å². The summed E-state index contributed by atoms with van der Waals surface area (Å²) in [7, 11) is 0. The molecule has 146 valence electrons. The fourth-order valence-corrected chi connectivity index (χ4v) is 4.48. The molecule has 0 fully saturated rings. The maximum absolute atomic E-state index is 12.6. The highest BCUT2D eigenvalue weighted by Crippen LogP contribution is 2.33. The number of nitro groups is 1. The van der Waals surface area contributed by atoms with Gasteiger partial charge in [-0.1, -0.05) is 24.3 Å². The number of rotatable bonds is 5. The second-order valence-electron chi connectivity index (χ2n) is 6.49. The van der Waals surface area contributed by atoms with E-state index >= 15 is 0 Å². The summed E-state index contributed by atoms with van der Waals surface area (Å²) in [5.74, 6) is -0.919. The summed E-state index contributed by atoms with van der Waals surface area (Å²) in [4.78, 5) is 38.8. The molecule has 0 aliphatic heterocycles. The number of nitro benzene ring substituents is 1. The van der Waals surface area contributed by atoms with Crippen molar-refractivity contribution in [1.82, 2.24) is 9.38 Å². The number of fused-ring (bicyclic) bond motifs is 3. The molecular weight excluding hydrogens is 394 g/mol. The summed E-state index contributed by atoms with van der Waals surface area (Å²) < 4.78 is 2.68. The number of aliphatic carboxylic acids is 1. The van der Waals surface area contributed by atoms with Gasteiger partial charge >= 0.3 is 5.97 Å². The molecule has 1 N–H and O–H groups in total. The van der Waals surface area contributed by atoms with Crippen molar-refractivity contribution in [2.75, 3.05) is 0 Å². The second kappa shape index (κ2) is 7.10. The Hall–Kier alpha value is -3.59. The van der Waals surface area contributed by atoms with Crippen molar-refractivity contribution < 1.29 is 14.8 Å². The topological polar surface area (TPSA) is 115 Å². The minimum Gasteiger partial charge on any atom is -0.481 e. The SMILES string of the molecule is CCc1c(-c2ccc([N+](=O)[O-])cc2)n2c(nc1=O)sc1cc(CC(=O)O)ccc12. The first-order valence-corrected chi connectivity index (χ1v) is 9.64. The Morgan fingerprint density at radius 3 is 2.59 bits per heavy atom. The Morgan fingerprint density at radius 1 is 1.24 bits per heavy atom. The lowest BCUT2D eigenvalue weighted by Crippen LogP contribution is -2.16. The van der Waals surface area contributed by atoms with Crippen molar-refractivity contribution >= 4 is 38.2 Å². The Kier molecular flexibility index (Phi) is 4.59. The molecule has 2 aromatic carbocycles. The molecule has 2 aromatic heterocycles. The summed E-state index contributed by atoms with van der Waals surface area (Å²) in [6.45, 7) is 1.86. The van der Waals surface area contributed by atoms with Crippen molar-refractivity contribution in [2.24, 2.45) is 0 Å². The molecule has 0 aliphatic rings. The van der Waals surface area contributed by atoms with Gasteiger partial charge in [-0.15, -0.1) is 0 Å². The molecule has 0 radical (unpaired) electrons. The van der Waals surface area contributed by atoms with Crippen LogP contribution in [0, 0.1) is 10.1 Å². The third-order valence-corrected chi connectivity index (χ3v) is 5.69. The van der Waals surface area contributed by atoms with Gasteiger partial charge < -0.3 is 5.11 Å². The molecule has 0 amide bonds. The zero-order valence-electron chi connectivity index (χ0n) is 15.3. The average molecular weight is 409 g/mol. The molecule has 0 unspecified atom stereocenters. The van der Waals surface area contributed by atoms with Crippen molar-refractivity contribution in [3.63, 3.8) is 0 Å². The summed E-state index contributed by atoms with van der Waals surface area (Å²) in [6.07, 6.45) is 0.361. The normalized spacial score (nSPS) is 11.2. The summed E-state index contributed by atoms with van der Waals surface area (Å²) in [5, 5.41) is 20.0. The Labute approximate surface area is 167 Å². The van der Waals surface area contributed by atoms with Crippen molar-refractivity contribution in [1.29, 1.82) is 0 Å². The first-order chi connectivity index (χ1) is 13.9. The van der Waals surface area contributed by atoms with E-state index in [0.29, 0.717) is 33.8 Å². The number of benzene rings is 2. The second-order valence-corrected chi connectivity index (χ2v) is 7.50. The van der Waals surface area contributed by atoms with Crippen LogP contribution in [0.5, 0.6) is 0 Å². The monoisotopic (exact) mass is 409 g/mol. The number of aromatic nitrogens is 2. The molecule has 29 heavy (non-hydrogen) atoms. The van der Waals surface area contributed by atoms with Crippen molar-refractivity contribution in [2.45, 2.75) is 19.8 Å². The summed E-state index contributed by atoms with van der Waals surface area (Å²) in [5.41, 5.74) is 2.94. The van der Waals surface area contributed by atoms with Crippen LogP contribution in [0.15, 0.2) is 47.3 Å². The lowest BCUT2D eigenvalue weighted by molar-refractivity contribution is -0.384. The Balaban J connectivity index is 2.03. The summed E-state index contributed by atoms with van der Waals surface area (Å²) in [6, 6.07) is 11.4. The number of thiazole rings is 1. The number of carbonyl (C=O) groups is 1. The van der Waals surface area contributed by atoms with Crippen LogP contribution in [0.25, 0.3) is 26.4 Å². The molecule has 0 saturated carbocycles. The Morgan fingerprint density at radius 2 is 1.97 bits per heavy atom. The summed E-state index contributed by atoms with van der Waals surface area (Å²) >= 11 is 1.30. The lowest BCUT2D eigenvalue weighted by atomic mass is 10.0. The van der Waals surface area contributed by atoms with Gasteiger partial charge in [-0.05, 0) is 41.8 Å². The van der Waals surface area contributed by atoms with E-state index in [9.17, 15) is 19.7 Å². The minimum atomic E-state index is -0.919. The van der Waals surface area contributed by atoms with Gasteiger partial charge in [-0.3, -0.25) is 24.1 Å². The van der Waals surface area contributed by atoms with E-state index < -0.39 is 10.9 Å². The number of nitrogens with zero attached hydrogens (tertiary/aromatic N) is 3. The van der Waals surface area contributed by atoms with Crippen molar-refractivity contribution in [3.8, 4) is 11.3 Å². The van der Waals surface area contributed by atoms with Gasteiger partial charge in [0.1, 0.15) is 0 Å². The molecule has 0 aliphatic carbocycles. The standard InChI is InChI=1S/C20H15N3O5S/c1-2-14-18(12-4-6-13(7-5-12)23(27)28)22-15-8-3-11(10-17(24)25)9-16(15)29-20(22)21-19(14)26/h3-9H,2,10H2,1H3,(H,24,25). The molecule has 0 atom stereocenters. The van der Waals surface area contributed by atoms with Gasteiger partial charge in [0.05, 0.1) is 27.3 Å². The van der Waals surface area contributed by atoms with E-state index in [4.69, 9.17) is 5.11 Å². The van der Waals surface area contributed by atoms with Crippen LogP contribution in [-0.4, -0.2) is 25.4 Å². The van der Waals surface area contributed by atoms with Gasteiger partial charge in [-0.25, -0.2) is 0 Å². The lowest BCUT2D eigenvalue weighted by Gasteiger charge is -2.11. The maximum Gasteiger partial charge on any atom is 0.307 e. The quantitative estimate of drug-likeness (QED) is 0.397. The van der Waals surface area contributed by atoms with E-state index in [1.54, 1.807) is 24.3 Å². The molecule has 9 heteroatoms. The van der Waals surface area contributed by atoms with E-state index in [0.717, 1.165) is 10.2 Å². The molecule has 8 nitrogen and oxygen atoms in total. The van der Waals surface area contributed by atoms with Crippen LogP contribution in [0.3, 0.4) is 0 Å². The number of hydrogen-bond donors (Lipinski definition) is 1. The smallest absolute Gasteiger partial charge is 0.307 e. The molecule has 4 aromatic rings. The van der Waals surface area contributed by atoms with Gasteiger partial charge in [0.25, 0.3) is 11.2 Å². The maximum atomic E-state index is 12.6. The zero-order chi connectivity index (χ0) is 20.7. The van der Waals surface area contributed by atoms with Gasteiger partial charge in [0.2, 0.25) is 0 Å². The molecule has 0 bridgehead atoms. The van der Waals surface area contributed by atoms with Crippen LogP contribution in [0.2, 0.25) is 0 Å². The molecule has 2 heterocycles. The molecule has 0 spiro atoms. The largest absolute Gasteiger partial charge is 0.481 e. The zero-order valence-corrected chi connectivity index (χ0v) is 16.1. The number of non-ortho nitro benzene ring substituents is 1. The predicted octanol–water partition coefficient (Wildman–Crippen LogP) is 3.67. The minimum absolute atomic E-state index is 0.0297. The molecular formula is C20H15N3O5S. The fourth-order valence-electron chi connectivity index (χ4n) is 3.40. The van der Waals surface area contributed by atoms with Crippen LogP contribution in [0.1, 0.15) is 18.1 Å². The van der Waals surface area contributed by atoms with Crippen molar-refractivity contribution in [3.05, 3.63) is 74.1 Å². The van der Waals surface area contributed by atoms with Crippen LogP contribution >= 0.6 is 11.3 Å². The highest BCUT2D eigenvalue weighted by molar-refractivity contribution is 7.23. The van der Waals surface area contributed by atoms with Crippen LogP contribution in [0.4, 0.5) is 5.69 Å². The number of hydrogen-bond acceptors (Lipinski definition) is 6. The first kappa shape index (κ1) is 18.8. The fraction of sp³-hybridized carbons (Fsp3) is 0.150. The third kappa shape index (κ3) is 3.25. The van der Waals surface area contributed by atoms with E-state index in [1.165, 1.54) is 23.5 Å². The van der Waals surface area contributed by atoms with Crippen LogP contribution in [-0.2, 0) is 17.6 Å². The number of carboxylic acids is 1. The first-order valence-electron chi connectivity index (χ1n) is 8.82. The predicted molar refractivity (Wildman–Crippen MR) is 110 cm³/mol. The van der Waals surface area contributed by atoms with Gasteiger partial charge in [0.15, 0.2) is 4.96 Å². The highest BCUT2D eigenvalue weighted by Gasteiger charge is 2.19. The highest BCUT2D eigenvalue weighted by atomic mass is 32.1. The molecule has 4 rings (SSSR count). The van der Waals surface area contributed by atoms with Crippen LogP contribution < -0.4 is 5.56 Å². The Bertz CT molecular complexity index is 1340. The average Bonchev–Trinajstić information content (AvgIpc) is 3.03. The van der Waals surface area contributed by atoms with E-state index in [-0.39, 0.29) is 17.7 Å².